The Morgan fingerprint density at radius 1 is 1.43 bits per heavy atom. The van der Waals surface area contributed by atoms with Crippen molar-refractivity contribution in [2.24, 2.45) is 0 Å². The quantitative estimate of drug-likeness (QED) is 0.708. The molecule has 120 valence electrons. The number of aliphatic hydroxyl groups is 1. The van der Waals surface area contributed by atoms with Crippen LogP contribution in [0.5, 0.6) is 0 Å². The van der Waals surface area contributed by atoms with Crippen LogP contribution >= 0.6 is 0 Å². The van der Waals surface area contributed by atoms with E-state index in [9.17, 15) is 4.79 Å². The molecule has 1 amide bonds. The van der Waals surface area contributed by atoms with E-state index in [0.717, 1.165) is 11.3 Å². The molecule has 2 rings (SSSR count). The van der Waals surface area contributed by atoms with Crippen molar-refractivity contribution in [2.75, 3.05) is 18.5 Å². The number of aromatic nitrogens is 2. The number of nitriles is 1. The SMILES string of the molecule is CC(Nc1cnn(CC(=O)NCCO)c1)c1ccc(C#N)cc1. The second-order valence-electron chi connectivity index (χ2n) is 5.10. The van der Waals surface area contributed by atoms with E-state index in [1.54, 1.807) is 24.5 Å². The Kier molecular flexibility index (Phi) is 5.72. The molecule has 7 nitrogen and oxygen atoms in total. The van der Waals surface area contributed by atoms with E-state index in [1.165, 1.54) is 4.68 Å². The van der Waals surface area contributed by atoms with Crippen LogP contribution in [0.4, 0.5) is 5.69 Å². The van der Waals surface area contributed by atoms with E-state index in [-0.39, 0.29) is 31.6 Å². The predicted octanol–water partition coefficient (Wildman–Crippen LogP) is 1.04. The summed E-state index contributed by atoms with van der Waals surface area (Å²) >= 11 is 0. The maximum atomic E-state index is 11.6. The molecule has 1 heterocycles. The molecule has 1 aromatic heterocycles. The number of anilines is 1. The van der Waals surface area contributed by atoms with Gasteiger partial charge in [-0.3, -0.25) is 9.48 Å². The first kappa shape index (κ1) is 16.5. The number of carbonyl (C=O) groups is 1. The van der Waals surface area contributed by atoms with Crippen molar-refractivity contribution in [2.45, 2.75) is 19.5 Å². The summed E-state index contributed by atoms with van der Waals surface area (Å²) in [5, 5.41) is 27.5. The lowest BCUT2D eigenvalue weighted by atomic mass is 10.1. The van der Waals surface area contributed by atoms with E-state index in [0.29, 0.717) is 5.56 Å². The molecular weight excluding hydrogens is 294 g/mol. The third-order valence-electron chi connectivity index (χ3n) is 3.30. The number of amides is 1. The Labute approximate surface area is 134 Å². The van der Waals surface area contributed by atoms with Gasteiger partial charge in [-0.25, -0.2) is 0 Å². The predicted molar refractivity (Wildman–Crippen MR) is 85.5 cm³/mol. The van der Waals surface area contributed by atoms with Gasteiger partial charge in [0.2, 0.25) is 5.91 Å². The molecule has 1 aromatic carbocycles. The number of benzene rings is 1. The second-order valence-corrected chi connectivity index (χ2v) is 5.10. The molecule has 0 aliphatic heterocycles. The van der Waals surface area contributed by atoms with Gasteiger partial charge in [-0.2, -0.15) is 10.4 Å². The molecule has 0 fully saturated rings. The number of hydrogen-bond acceptors (Lipinski definition) is 5. The first-order chi connectivity index (χ1) is 11.1. The fourth-order valence-electron chi connectivity index (χ4n) is 2.10. The van der Waals surface area contributed by atoms with Crippen LogP contribution in [0.25, 0.3) is 0 Å². The van der Waals surface area contributed by atoms with Crippen LogP contribution in [0.1, 0.15) is 24.1 Å². The Balaban J connectivity index is 1.92. The minimum absolute atomic E-state index is 0.0450. The molecule has 0 bridgehead atoms. The summed E-state index contributed by atoms with van der Waals surface area (Å²) in [4.78, 5) is 11.6. The van der Waals surface area contributed by atoms with Gasteiger partial charge >= 0.3 is 0 Å². The average Bonchev–Trinajstić information content (AvgIpc) is 2.99. The zero-order valence-electron chi connectivity index (χ0n) is 12.9. The van der Waals surface area contributed by atoms with Crippen LogP contribution in [-0.2, 0) is 11.3 Å². The van der Waals surface area contributed by atoms with E-state index >= 15 is 0 Å². The molecule has 1 unspecified atom stereocenters. The van der Waals surface area contributed by atoms with Crippen molar-refractivity contribution in [1.82, 2.24) is 15.1 Å². The highest BCUT2D eigenvalue weighted by molar-refractivity contribution is 5.75. The molecule has 1 atom stereocenters. The van der Waals surface area contributed by atoms with Gasteiger partial charge in [-0.05, 0) is 24.6 Å². The van der Waals surface area contributed by atoms with Crippen LogP contribution in [-0.4, -0.2) is 33.9 Å². The van der Waals surface area contributed by atoms with Gasteiger partial charge in [-0.1, -0.05) is 12.1 Å². The summed E-state index contributed by atoms with van der Waals surface area (Å²) in [6, 6.07) is 9.51. The molecule has 2 aromatic rings. The summed E-state index contributed by atoms with van der Waals surface area (Å²) in [5.41, 5.74) is 2.48. The summed E-state index contributed by atoms with van der Waals surface area (Å²) < 4.78 is 1.53. The molecule has 3 N–H and O–H groups in total. The standard InChI is InChI=1S/C16H19N5O2/c1-12(14-4-2-13(8-17)3-5-14)20-15-9-19-21(10-15)11-16(23)18-6-7-22/h2-5,9-10,12,20,22H,6-7,11H2,1H3,(H,18,23). The molecule has 0 aliphatic rings. The van der Waals surface area contributed by atoms with Crippen molar-refractivity contribution in [3.63, 3.8) is 0 Å². The van der Waals surface area contributed by atoms with E-state index < -0.39 is 0 Å². The minimum Gasteiger partial charge on any atom is -0.395 e. The third kappa shape index (κ3) is 4.83. The molecular formula is C16H19N5O2. The maximum Gasteiger partial charge on any atom is 0.241 e. The molecule has 23 heavy (non-hydrogen) atoms. The molecule has 0 spiro atoms. The van der Waals surface area contributed by atoms with Crippen LogP contribution < -0.4 is 10.6 Å². The number of nitrogens with one attached hydrogen (secondary N) is 2. The van der Waals surface area contributed by atoms with E-state index in [2.05, 4.69) is 21.8 Å². The van der Waals surface area contributed by atoms with Crippen molar-refractivity contribution in [3.8, 4) is 6.07 Å². The highest BCUT2D eigenvalue weighted by Crippen LogP contribution is 2.19. The summed E-state index contributed by atoms with van der Waals surface area (Å²) in [5.74, 6) is -0.200. The zero-order valence-corrected chi connectivity index (χ0v) is 12.9. The number of hydrogen-bond donors (Lipinski definition) is 3. The number of rotatable bonds is 7. The fraction of sp³-hybridized carbons (Fsp3) is 0.312. The smallest absolute Gasteiger partial charge is 0.241 e. The van der Waals surface area contributed by atoms with E-state index in [4.69, 9.17) is 10.4 Å². The van der Waals surface area contributed by atoms with Crippen LogP contribution in [0.15, 0.2) is 36.7 Å². The zero-order chi connectivity index (χ0) is 16.7. The number of carbonyl (C=O) groups excluding carboxylic acids is 1. The maximum absolute atomic E-state index is 11.6. The Morgan fingerprint density at radius 3 is 2.83 bits per heavy atom. The largest absolute Gasteiger partial charge is 0.395 e. The lowest BCUT2D eigenvalue weighted by molar-refractivity contribution is -0.122. The Morgan fingerprint density at radius 2 is 2.17 bits per heavy atom. The lowest BCUT2D eigenvalue weighted by Gasteiger charge is -2.14. The molecule has 0 aliphatic carbocycles. The molecule has 0 saturated heterocycles. The lowest BCUT2D eigenvalue weighted by Crippen LogP contribution is -2.30. The average molecular weight is 313 g/mol. The Bertz CT molecular complexity index is 687. The van der Waals surface area contributed by atoms with Crippen molar-refractivity contribution >= 4 is 11.6 Å². The van der Waals surface area contributed by atoms with Crippen LogP contribution in [0, 0.1) is 11.3 Å². The van der Waals surface area contributed by atoms with Gasteiger partial charge in [0.25, 0.3) is 0 Å². The molecule has 7 heteroatoms. The normalized spacial score (nSPS) is 11.5. The highest BCUT2D eigenvalue weighted by Gasteiger charge is 2.08. The molecule has 0 radical (unpaired) electrons. The fourth-order valence-corrected chi connectivity index (χ4v) is 2.10. The first-order valence-corrected chi connectivity index (χ1v) is 7.29. The summed E-state index contributed by atoms with van der Waals surface area (Å²) in [7, 11) is 0. The van der Waals surface area contributed by atoms with Crippen molar-refractivity contribution < 1.29 is 9.90 Å². The van der Waals surface area contributed by atoms with E-state index in [1.807, 2.05) is 19.1 Å². The second kappa shape index (κ2) is 7.96. The summed E-state index contributed by atoms with van der Waals surface area (Å²) in [6.07, 6.45) is 3.40. The third-order valence-corrected chi connectivity index (χ3v) is 3.30. The van der Waals surface area contributed by atoms with Gasteiger partial charge < -0.3 is 15.7 Å². The molecule has 0 saturated carbocycles. The highest BCUT2D eigenvalue weighted by atomic mass is 16.3. The van der Waals surface area contributed by atoms with Crippen molar-refractivity contribution in [3.05, 3.63) is 47.8 Å². The van der Waals surface area contributed by atoms with Gasteiger partial charge in [0, 0.05) is 18.8 Å². The van der Waals surface area contributed by atoms with Gasteiger partial charge in [-0.15, -0.1) is 0 Å². The first-order valence-electron chi connectivity index (χ1n) is 7.29. The Hall–Kier alpha value is -2.85. The van der Waals surface area contributed by atoms with Crippen LogP contribution in [0.2, 0.25) is 0 Å². The van der Waals surface area contributed by atoms with Gasteiger partial charge in [0.05, 0.1) is 30.1 Å². The number of nitrogens with zero attached hydrogens (tertiary/aromatic N) is 3. The van der Waals surface area contributed by atoms with Gasteiger partial charge in [0.15, 0.2) is 0 Å². The monoisotopic (exact) mass is 313 g/mol. The minimum atomic E-state index is -0.200. The van der Waals surface area contributed by atoms with Crippen LogP contribution in [0.3, 0.4) is 0 Å². The summed E-state index contributed by atoms with van der Waals surface area (Å²) in [6.45, 7) is 2.26. The van der Waals surface area contributed by atoms with Crippen molar-refractivity contribution in [1.29, 1.82) is 5.26 Å². The number of aliphatic hydroxyl groups excluding tert-OH is 1. The van der Waals surface area contributed by atoms with Gasteiger partial charge in [0.1, 0.15) is 6.54 Å². The topological polar surface area (TPSA) is 103 Å².